The van der Waals surface area contributed by atoms with Crippen molar-refractivity contribution in [2.45, 2.75) is 49.6 Å². The number of rotatable bonds is 4. The predicted molar refractivity (Wildman–Crippen MR) is 109 cm³/mol. The van der Waals surface area contributed by atoms with Gasteiger partial charge in [-0.3, -0.25) is 9.80 Å². The van der Waals surface area contributed by atoms with E-state index in [1.807, 2.05) is 0 Å². The van der Waals surface area contributed by atoms with E-state index in [-0.39, 0.29) is 11.1 Å². The number of hydrogen-bond donors (Lipinski definition) is 0. The van der Waals surface area contributed by atoms with Gasteiger partial charge in [-0.25, -0.2) is 0 Å². The fourth-order valence-corrected chi connectivity index (χ4v) is 5.50. The van der Waals surface area contributed by atoms with Gasteiger partial charge in [-0.15, -0.1) is 0 Å². The molecule has 0 unspecified atom stereocenters. The second-order valence-corrected chi connectivity index (χ2v) is 8.38. The molecule has 26 heavy (non-hydrogen) atoms. The highest BCUT2D eigenvalue weighted by Gasteiger charge is 2.48. The van der Waals surface area contributed by atoms with Crippen LogP contribution in [-0.2, 0) is 11.1 Å². The molecule has 1 saturated carbocycles. The first kappa shape index (κ1) is 17.8. The molecule has 1 aliphatic heterocycles. The Morgan fingerprint density at radius 1 is 0.692 bits per heavy atom. The molecular formula is C24H32N2. The predicted octanol–water partition coefficient (Wildman–Crippen LogP) is 5.01. The van der Waals surface area contributed by atoms with Gasteiger partial charge in [0, 0.05) is 11.1 Å². The van der Waals surface area contributed by atoms with Gasteiger partial charge in [0.1, 0.15) is 0 Å². The molecule has 138 valence electrons. The number of likely N-dealkylation sites (tertiary alicyclic amines) is 1. The monoisotopic (exact) mass is 348 g/mol. The Morgan fingerprint density at radius 2 is 1.19 bits per heavy atom. The highest BCUT2D eigenvalue weighted by molar-refractivity contribution is 5.31. The zero-order valence-corrected chi connectivity index (χ0v) is 16.3. The Labute approximate surface area is 158 Å². The summed E-state index contributed by atoms with van der Waals surface area (Å²) in [6.45, 7) is 2.52. The van der Waals surface area contributed by atoms with Crippen molar-refractivity contribution in [2.75, 3.05) is 27.2 Å². The van der Waals surface area contributed by atoms with Crippen LogP contribution in [0.25, 0.3) is 0 Å². The van der Waals surface area contributed by atoms with Gasteiger partial charge in [0.25, 0.3) is 0 Å². The van der Waals surface area contributed by atoms with Gasteiger partial charge in [-0.2, -0.15) is 0 Å². The van der Waals surface area contributed by atoms with Crippen molar-refractivity contribution in [3.63, 3.8) is 0 Å². The molecule has 2 aromatic rings. The Hall–Kier alpha value is -1.64. The zero-order valence-electron chi connectivity index (χ0n) is 16.3. The summed E-state index contributed by atoms with van der Waals surface area (Å²) in [6.07, 6.45) is 7.62. The summed E-state index contributed by atoms with van der Waals surface area (Å²) in [7, 11) is 4.52. The van der Waals surface area contributed by atoms with E-state index < -0.39 is 0 Å². The molecule has 2 nitrogen and oxygen atoms in total. The molecule has 2 aromatic carbocycles. The van der Waals surface area contributed by atoms with E-state index in [2.05, 4.69) is 84.6 Å². The van der Waals surface area contributed by atoms with Crippen molar-refractivity contribution in [3.8, 4) is 0 Å². The summed E-state index contributed by atoms with van der Waals surface area (Å²) in [5.41, 5.74) is 3.40. The maximum absolute atomic E-state index is 2.80. The molecule has 2 fully saturated rings. The van der Waals surface area contributed by atoms with Gasteiger partial charge in [0.2, 0.25) is 0 Å². The van der Waals surface area contributed by atoms with Crippen LogP contribution in [0, 0.1) is 0 Å². The van der Waals surface area contributed by atoms with Gasteiger partial charge in [0.15, 0.2) is 0 Å². The fraction of sp³-hybridized carbons (Fsp3) is 0.500. The molecule has 0 N–H and O–H groups in total. The first-order chi connectivity index (χ1) is 12.7. The van der Waals surface area contributed by atoms with Crippen molar-refractivity contribution in [1.82, 2.24) is 9.80 Å². The highest BCUT2D eigenvalue weighted by Crippen LogP contribution is 2.51. The summed E-state index contributed by atoms with van der Waals surface area (Å²) >= 11 is 0. The standard InChI is InChI=1S/C24H32N2/c1-25(2)23(21-11-5-3-6-12-21)15-17-24(18-16-23,26-19-9-10-20-26)22-13-7-4-8-14-22/h3-8,11-14H,9-10,15-20H2,1-2H3. The lowest BCUT2D eigenvalue weighted by Gasteiger charge is -2.53. The average molecular weight is 349 g/mol. The molecule has 0 radical (unpaired) electrons. The van der Waals surface area contributed by atoms with E-state index >= 15 is 0 Å². The zero-order chi connectivity index (χ0) is 18.0. The van der Waals surface area contributed by atoms with Gasteiger partial charge in [-0.05, 0) is 76.8 Å². The maximum atomic E-state index is 2.80. The van der Waals surface area contributed by atoms with E-state index in [9.17, 15) is 0 Å². The molecule has 0 spiro atoms. The van der Waals surface area contributed by atoms with Crippen LogP contribution in [0.1, 0.15) is 49.7 Å². The summed E-state index contributed by atoms with van der Waals surface area (Å²) in [6, 6.07) is 22.5. The summed E-state index contributed by atoms with van der Waals surface area (Å²) in [5.74, 6) is 0. The fourth-order valence-electron chi connectivity index (χ4n) is 5.50. The number of benzene rings is 2. The van der Waals surface area contributed by atoms with Crippen LogP contribution in [0.4, 0.5) is 0 Å². The second-order valence-electron chi connectivity index (χ2n) is 8.38. The van der Waals surface area contributed by atoms with Crippen LogP contribution < -0.4 is 0 Å². The van der Waals surface area contributed by atoms with E-state index in [1.54, 1.807) is 0 Å². The summed E-state index contributed by atoms with van der Waals surface area (Å²) < 4.78 is 0. The van der Waals surface area contributed by atoms with Crippen LogP contribution in [0.3, 0.4) is 0 Å². The molecule has 0 amide bonds. The third-order valence-corrected chi connectivity index (χ3v) is 7.09. The summed E-state index contributed by atoms with van der Waals surface area (Å²) in [5, 5.41) is 0. The van der Waals surface area contributed by atoms with E-state index in [4.69, 9.17) is 0 Å². The molecule has 1 heterocycles. The van der Waals surface area contributed by atoms with Crippen LogP contribution in [0.5, 0.6) is 0 Å². The summed E-state index contributed by atoms with van der Waals surface area (Å²) in [4.78, 5) is 5.27. The minimum Gasteiger partial charge on any atom is -0.300 e. The lowest BCUT2D eigenvalue weighted by molar-refractivity contribution is -0.00380. The topological polar surface area (TPSA) is 6.48 Å². The van der Waals surface area contributed by atoms with Gasteiger partial charge in [0.05, 0.1) is 0 Å². The van der Waals surface area contributed by atoms with Crippen molar-refractivity contribution in [3.05, 3.63) is 71.8 Å². The Bertz CT molecular complexity index is 694. The van der Waals surface area contributed by atoms with Crippen molar-refractivity contribution in [1.29, 1.82) is 0 Å². The third-order valence-electron chi connectivity index (χ3n) is 7.09. The second kappa shape index (κ2) is 7.17. The lowest BCUT2D eigenvalue weighted by atomic mass is 9.66. The third kappa shape index (κ3) is 2.90. The minimum absolute atomic E-state index is 0.166. The molecule has 1 aliphatic carbocycles. The normalized spacial score (nSPS) is 30.0. The van der Waals surface area contributed by atoms with Gasteiger partial charge in [-0.1, -0.05) is 60.7 Å². The van der Waals surface area contributed by atoms with E-state index in [0.717, 1.165) is 0 Å². The molecule has 0 bridgehead atoms. The molecule has 1 saturated heterocycles. The molecule has 0 aromatic heterocycles. The van der Waals surface area contributed by atoms with Gasteiger partial charge < -0.3 is 0 Å². The lowest BCUT2D eigenvalue weighted by Crippen LogP contribution is -2.53. The first-order valence-corrected chi connectivity index (χ1v) is 10.2. The van der Waals surface area contributed by atoms with Crippen molar-refractivity contribution >= 4 is 0 Å². The SMILES string of the molecule is CN(C)C1(c2ccccc2)CCC(c2ccccc2)(N2CCCC2)CC1. The van der Waals surface area contributed by atoms with Crippen LogP contribution in [-0.4, -0.2) is 37.0 Å². The van der Waals surface area contributed by atoms with Crippen molar-refractivity contribution < 1.29 is 0 Å². The Kier molecular flexibility index (Phi) is 4.90. The largest absolute Gasteiger partial charge is 0.300 e. The molecule has 2 heteroatoms. The Morgan fingerprint density at radius 3 is 1.69 bits per heavy atom. The molecule has 2 aliphatic rings. The smallest absolute Gasteiger partial charge is 0.0462 e. The van der Waals surface area contributed by atoms with Crippen LogP contribution in [0.15, 0.2) is 60.7 Å². The average Bonchev–Trinajstić information content (AvgIpc) is 3.24. The van der Waals surface area contributed by atoms with E-state index in [1.165, 1.54) is 62.7 Å². The van der Waals surface area contributed by atoms with Crippen LogP contribution >= 0.6 is 0 Å². The maximum Gasteiger partial charge on any atom is 0.0462 e. The van der Waals surface area contributed by atoms with Gasteiger partial charge >= 0.3 is 0 Å². The molecule has 4 rings (SSSR count). The van der Waals surface area contributed by atoms with Crippen LogP contribution in [0.2, 0.25) is 0 Å². The minimum atomic E-state index is 0.166. The molecular weight excluding hydrogens is 316 g/mol. The Balaban J connectivity index is 1.69. The molecule has 0 atom stereocenters. The first-order valence-electron chi connectivity index (χ1n) is 10.2. The number of nitrogens with zero attached hydrogens (tertiary/aromatic N) is 2. The number of hydrogen-bond acceptors (Lipinski definition) is 2. The van der Waals surface area contributed by atoms with E-state index in [0.29, 0.717) is 0 Å². The van der Waals surface area contributed by atoms with Crippen molar-refractivity contribution in [2.24, 2.45) is 0 Å². The highest BCUT2D eigenvalue weighted by atomic mass is 15.2. The quantitative estimate of drug-likeness (QED) is 0.766.